The van der Waals surface area contributed by atoms with Crippen LogP contribution in [0.4, 0.5) is 0 Å². The number of aliphatic hydroxyl groups is 1. The highest BCUT2D eigenvalue weighted by Gasteiger charge is 2.19. The van der Waals surface area contributed by atoms with Crippen molar-refractivity contribution in [1.29, 1.82) is 0 Å². The first-order valence-corrected chi connectivity index (χ1v) is 5.02. The molecule has 14 heavy (non-hydrogen) atoms. The number of aliphatic hydroxyl groups excluding tert-OH is 1. The Bertz CT molecular complexity index is 279. The molecule has 1 aromatic carbocycles. The highest BCUT2D eigenvalue weighted by atomic mass is 16.3. The van der Waals surface area contributed by atoms with Crippen LogP contribution in [-0.2, 0) is 0 Å². The summed E-state index contributed by atoms with van der Waals surface area (Å²) in [5.74, 6) is 0.528. The fourth-order valence-electron chi connectivity index (χ4n) is 1.46. The van der Waals surface area contributed by atoms with Crippen molar-refractivity contribution in [2.24, 2.45) is 11.8 Å². The van der Waals surface area contributed by atoms with Gasteiger partial charge in [-0.2, -0.15) is 0 Å². The second kappa shape index (κ2) is 4.97. The Morgan fingerprint density at radius 3 is 2.29 bits per heavy atom. The van der Waals surface area contributed by atoms with E-state index in [1.807, 2.05) is 43.3 Å². The summed E-state index contributed by atoms with van der Waals surface area (Å²) in [6, 6.07) is 9.76. The molecule has 0 saturated heterocycles. The van der Waals surface area contributed by atoms with Crippen molar-refractivity contribution in [1.82, 2.24) is 0 Å². The molecule has 0 bridgehead atoms. The fourth-order valence-corrected chi connectivity index (χ4v) is 1.46. The van der Waals surface area contributed by atoms with Crippen LogP contribution in [0, 0.1) is 11.8 Å². The average molecular weight is 190 g/mol. The van der Waals surface area contributed by atoms with Crippen LogP contribution >= 0.6 is 0 Å². The van der Waals surface area contributed by atoms with E-state index >= 15 is 0 Å². The van der Waals surface area contributed by atoms with E-state index in [1.165, 1.54) is 0 Å². The smallest absolute Gasteiger partial charge is 0.0821 e. The lowest BCUT2D eigenvalue weighted by atomic mass is 9.87. The van der Waals surface area contributed by atoms with Crippen molar-refractivity contribution in [3.8, 4) is 0 Å². The summed E-state index contributed by atoms with van der Waals surface area (Å²) in [5.41, 5.74) is 0.980. The van der Waals surface area contributed by atoms with Crippen LogP contribution in [0.25, 0.3) is 0 Å². The molecule has 1 N–H and O–H groups in total. The van der Waals surface area contributed by atoms with Crippen molar-refractivity contribution < 1.29 is 5.11 Å². The van der Waals surface area contributed by atoms with Crippen molar-refractivity contribution in [3.63, 3.8) is 0 Å². The predicted molar refractivity (Wildman–Crippen MR) is 59.9 cm³/mol. The van der Waals surface area contributed by atoms with E-state index in [-0.39, 0.29) is 5.92 Å². The van der Waals surface area contributed by atoms with Crippen LogP contribution in [0.15, 0.2) is 43.0 Å². The molecule has 0 fully saturated rings. The van der Waals surface area contributed by atoms with Crippen molar-refractivity contribution in [3.05, 3.63) is 48.6 Å². The molecule has 1 nitrogen and oxygen atoms in total. The fraction of sp³-hybridized carbons (Fsp3) is 0.385. The summed E-state index contributed by atoms with van der Waals surface area (Å²) in [6.45, 7) is 7.87. The Hall–Kier alpha value is -1.08. The largest absolute Gasteiger partial charge is 0.388 e. The van der Waals surface area contributed by atoms with Crippen LogP contribution in [0.3, 0.4) is 0 Å². The van der Waals surface area contributed by atoms with Gasteiger partial charge in [-0.15, -0.1) is 6.58 Å². The summed E-state index contributed by atoms with van der Waals surface area (Å²) in [5, 5.41) is 10.0. The van der Waals surface area contributed by atoms with Crippen LogP contribution in [0.2, 0.25) is 0 Å². The highest BCUT2D eigenvalue weighted by Crippen LogP contribution is 2.27. The average Bonchev–Trinajstić information content (AvgIpc) is 2.27. The SMILES string of the molecule is C=C[C@H](C)C(C)[C@@H](O)c1ccccc1. The van der Waals surface area contributed by atoms with Crippen molar-refractivity contribution in [2.45, 2.75) is 20.0 Å². The Morgan fingerprint density at radius 2 is 1.79 bits per heavy atom. The van der Waals surface area contributed by atoms with Gasteiger partial charge in [0.15, 0.2) is 0 Å². The lowest BCUT2D eigenvalue weighted by Crippen LogP contribution is -2.15. The van der Waals surface area contributed by atoms with E-state index < -0.39 is 6.10 Å². The molecular formula is C13H18O. The maximum atomic E-state index is 10.0. The molecule has 1 rings (SSSR count). The summed E-state index contributed by atoms with van der Waals surface area (Å²) in [4.78, 5) is 0. The molecule has 1 aromatic rings. The van der Waals surface area contributed by atoms with Gasteiger partial charge >= 0.3 is 0 Å². The van der Waals surface area contributed by atoms with Gasteiger partial charge < -0.3 is 5.11 Å². The van der Waals surface area contributed by atoms with Gasteiger partial charge in [0.05, 0.1) is 6.10 Å². The number of benzene rings is 1. The maximum Gasteiger partial charge on any atom is 0.0821 e. The molecule has 3 atom stereocenters. The molecule has 0 radical (unpaired) electrons. The van der Waals surface area contributed by atoms with E-state index in [9.17, 15) is 5.11 Å². The van der Waals surface area contributed by atoms with Crippen LogP contribution < -0.4 is 0 Å². The molecule has 76 valence electrons. The van der Waals surface area contributed by atoms with Gasteiger partial charge in [-0.1, -0.05) is 50.3 Å². The van der Waals surface area contributed by atoms with E-state index in [4.69, 9.17) is 0 Å². The second-order valence-corrected chi connectivity index (χ2v) is 3.81. The third-order valence-electron chi connectivity index (χ3n) is 2.84. The Labute approximate surface area is 86.1 Å². The molecule has 0 aliphatic carbocycles. The molecule has 1 heteroatoms. The van der Waals surface area contributed by atoms with E-state index in [0.29, 0.717) is 5.92 Å². The molecule has 1 unspecified atom stereocenters. The van der Waals surface area contributed by atoms with Gasteiger partial charge in [0.25, 0.3) is 0 Å². The van der Waals surface area contributed by atoms with Gasteiger partial charge in [0, 0.05) is 0 Å². The number of hydrogen-bond donors (Lipinski definition) is 1. The van der Waals surface area contributed by atoms with Gasteiger partial charge in [-0.25, -0.2) is 0 Å². The van der Waals surface area contributed by atoms with E-state index in [2.05, 4.69) is 13.5 Å². The lowest BCUT2D eigenvalue weighted by molar-refractivity contribution is 0.0988. The molecule has 0 spiro atoms. The number of rotatable bonds is 4. The highest BCUT2D eigenvalue weighted by molar-refractivity contribution is 5.18. The van der Waals surface area contributed by atoms with E-state index in [0.717, 1.165) is 5.56 Å². The lowest BCUT2D eigenvalue weighted by Gasteiger charge is -2.22. The molecular weight excluding hydrogens is 172 g/mol. The van der Waals surface area contributed by atoms with E-state index in [1.54, 1.807) is 0 Å². The zero-order valence-corrected chi connectivity index (χ0v) is 8.85. The first kappa shape index (κ1) is 11.0. The van der Waals surface area contributed by atoms with Crippen molar-refractivity contribution in [2.75, 3.05) is 0 Å². The van der Waals surface area contributed by atoms with Crippen LogP contribution in [-0.4, -0.2) is 5.11 Å². The predicted octanol–water partition coefficient (Wildman–Crippen LogP) is 3.18. The summed E-state index contributed by atoms with van der Waals surface area (Å²) < 4.78 is 0. The first-order chi connectivity index (χ1) is 6.66. The quantitative estimate of drug-likeness (QED) is 0.723. The minimum Gasteiger partial charge on any atom is -0.388 e. The minimum absolute atomic E-state index is 0.204. The van der Waals surface area contributed by atoms with Crippen LogP contribution in [0.1, 0.15) is 25.5 Å². The zero-order chi connectivity index (χ0) is 10.6. The third kappa shape index (κ3) is 2.46. The number of hydrogen-bond acceptors (Lipinski definition) is 1. The molecule has 0 amide bonds. The second-order valence-electron chi connectivity index (χ2n) is 3.81. The number of allylic oxidation sites excluding steroid dienone is 1. The van der Waals surface area contributed by atoms with Gasteiger partial charge in [-0.05, 0) is 17.4 Å². The molecule has 0 saturated carbocycles. The van der Waals surface area contributed by atoms with Crippen molar-refractivity contribution >= 4 is 0 Å². The zero-order valence-electron chi connectivity index (χ0n) is 8.85. The van der Waals surface area contributed by atoms with Gasteiger partial charge in [0.2, 0.25) is 0 Å². The Balaban J connectivity index is 2.75. The topological polar surface area (TPSA) is 20.2 Å². The molecule has 0 aliphatic rings. The standard InChI is InChI=1S/C13H18O/c1-4-10(2)11(3)13(14)12-8-6-5-7-9-12/h4-11,13-14H,1H2,2-3H3/t10-,11?,13+/m0/s1. The third-order valence-corrected chi connectivity index (χ3v) is 2.84. The normalized spacial score (nSPS) is 17.1. The molecule has 0 heterocycles. The summed E-state index contributed by atoms with van der Waals surface area (Å²) in [7, 11) is 0. The molecule has 0 aliphatic heterocycles. The Morgan fingerprint density at radius 1 is 1.21 bits per heavy atom. The maximum absolute atomic E-state index is 10.0. The first-order valence-electron chi connectivity index (χ1n) is 5.02. The summed E-state index contributed by atoms with van der Waals surface area (Å²) >= 11 is 0. The molecule has 0 aromatic heterocycles. The summed E-state index contributed by atoms with van der Waals surface area (Å²) in [6.07, 6.45) is 1.49. The van der Waals surface area contributed by atoms with Gasteiger partial charge in [-0.3, -0.25) is 0 Å². The Kier molecular flexibility index (Phi) is 3.90. The van der Waals surface area contributed by atoms with Gasteiger partial charge in [0.1, 0.15) is 0 Å². The minimum atomic E-state index is -0.399. The van der Waals surface area contributed by atoms with Crippen LogP contribution in [0.5, 0.6) is 0 Å². The monoisotopic (exact) mass is 190 g/mol.